The molecule has 0 unspecified atom stereocenters. The molecule has 0 fully saturated rings. The molecule has 0 aliphatic carbocycles. The summed E-state index contributed by atoms with van der Waals surface area (Å²) in [6.07, 6.45) is -0.128. The zero-order valence-electron chi connectivity index (χ0n) is 21.3. The third-order valence-electron chi connectivity index (χ3n) is 4.76. The van der Waals surface area contributed by atoms with E-state index in [1.54, 1.807) is 55.6 Å². The third-order valence-corrected chi connectivity index (χ3v) is 7.58. The number of amides is 1. The molecule has 0 bridgehead atoms. The number of anilines is 1. The number of Topliss-reactive ketones (excluding diaryl/α,β-unsaturated/α-hetero) is 1. The second kappa shape index (κ2) is 13.5. The fourth-order valence-electron chi connectivity index (χ4n) is 3.31. The van der Waals surface area contributed by atoms with Gasteiger partial charge in [0.2, 0.25) is 0 Å². The molecule has 3 rings (SSSR count). The third kappa shape index (κ3) is 8.79. The number of hydrogen-bond acceptors (Lipinski definition) is 9. The number of hydrogen-bond donors (Lipinski definition) is 1. The summed E-state index contributed by atoms with van der Waals surface area (Å²) in [4.78, 5) is 29.8. The number of nitrogens with one attached hydrogen (secondary N) is 1. The van der Waals surface area contributed by atoms with E-state index in [9.17, 15) is 14.2 Å². The molecule has 1 heterocycles. The average Bonchev–Trinajstić information content (AvgIpc) is 3.28. The molecule has 0 saturated carbocycles. The highest BCUT2D eigenvalue weighted by molar-refractivity contribution is 7.53. The summed E-state index contributed by atoms with van der Waals surface area (Å²) in [6, 6.07) is 13.6. The van der Waals surface area contributed by atoms with Gasteiger partial charge in [0.25, 0.3) is 5.91 Å². The van der Waals surface area contributed by atoms with Crippen molar-refractivity contribution in [2.45, 2.75) is 40.0 Å². The van der Waals surface area contributed by atoms with Gasteiger partial charge in [0.1, 0.15) is 11.5 Å². The van der Waals surface area contributed by atoms with E-state index >= 15 is 0 Å². The van der Waals surface area contributed by atoms with Crippen LogP contribution in [0.2, 0.25) is 0 Å². The summed E-state index contributed by atoms with van der Waals surface area (Å²) in [5, 5.41) is 4.77. The van der Waals surface area contributed by atoms with Gasteiger partial charge >= 0.3 is 7.60 Å². The molecule has 1 amide bonds. The lowest BCUT2D eigenvalue weighted by Gasteiger charge is -2.15. The second-order valence-electron chi connectivity index (χ2n) is 8.14. The minimum Gasteiger partial charge on any atom is -0.491 e. The van der Waals surface area contributed by atoms with Crippen molar-refractivity contribution in [1.82, 2.24) is 4.98 Å². The van der Waals surface area contributed by atoms with Crippen LogP contribution in [0.4, 0.5) is 5.13 Å². The molecule has 0 radical (unpaired) electrons. The van der Waals surface area contributed by atoms with Crippen molar-refractivity contribution in [3.63, 3.8) is 0 Å². The summed E-state index contributed by atoms with van der Waals surface area (Å²) >= 11 is 1.20. The molecule has 37 heavy (non-hydrogen) atoms. The fraction of sp³-hybridized carbons (Fsp3) is 0.346. The van der Waals surface area contributed by atoms with E-state index in [1.807, 2.05) is 19.9 Å². The number of rotatable bonds is 14. The maximum Gasteiger partial charge on any atom is 0.336 e. The van der Waals surface area contributed by atoms with Gasteiger partial charge in [0.15, 0.2) is 17.5 Å². The first-order chi connectivity index (χ1) is 17.7. The van der Waals surface area contributed by atoms with Gasteiger partial charge in [0, 0.05) is 22.6 Å². The van der Waals surface area contributed by atoms with Crippen LogP contribution in [-0.2, 0) is 19.8 Å². The molecular formula is C26H31N2O7PS. The molecular weight excluding hydrogens is 515 g/mol. The molecule has 3 aromatic rings. The Bertz CT molecular complexity index is 1240. The van der Waals surface area contributed by atoms with Crippen LogP contribution in [0, 0.1) is 0 Å². The van der Waals surface area contributed by atoms with E-state index in [4.69, 9.17) is 18.5 Å². The van der Waals surface area contributed by atoms with E-state index in [-0.39, 0.29) is 43.4 Å². The van der Waals surface area contributed by atoms with Crippen molar-refractivity contribution in [2.75, 3.05) is 25.1 Å². The minimum absolute atomic E-state index is 0.00615. The topological polar surface area (TPSA) is 113 Å². The molecule has 11 heteroatoms. The lowest BCUT2D eigenvalue weighted by molar-refractivity contribution is 0.0921. The number of ketones is 1. The summed E-state index contributed by atoms with van der Waals surface area (Å²) < 4.78 is 34.9. The molecule has 1 aromatic heterocycles. The smallest absolute Gasteiger partial charge is 0.336 e. The Morgan fingerprint density at radius 1 is 1.00 bits per heavy atom. The highest BCUT2D eigenvalue weighted by Gasteiger charge is 2.26. The molecule has 0 aliphatic rings. The first-order valence-corrected chi connectivity index (χ1v) is 14.5. The number of ether oxygens (including phenoxy) is 2. The van der Waals surface area contributed by atoms with Crippen molar-refractivity contribution in [2.24, 2.45) is 0 Å². The highest BCUT2D eigenvalue weighted by atomic mass is 32.1. The number of thiazole rings is 1. The van der Waals surface area contributed by atoms with E-state index in [0.717, 1.165) is 0 Å². The molecule has 0 atom stereocenters. The monoisotopic (exact) mass is 546 g/mol. The Labute approximate surface area is 220 Å². The molecule has 0 aliphatic heterocycles. The molecule has 198 valence electrons. The molecule has 0 saturated heterocycles. The normalized spacial score (nSPS) is 11.4. The highest BCUT2D eigenvalue weighted by Crippen LogP contribution is 2.51. The van der Waals surface area contributed by atoms with Gasteiger partial charge in [-0.1, -0.05) is 30.3 Å². The van der Waals surface area contributed by atoms with Gasteiger partial charge in [-0.25, -0.2) is 4.98 Å². The number of aromatic nitrogens is 1. The Morgan fingerprint density at radius 3 is 2.32 bits per heavy atom. The Hall–Kier alpha value is -3.04. The molecule has 9 nitrogen and oxygen atoms in total. The van der Waals surface area contributed by atoms with Crippen LogP contribution in [0.15, 0.2) is 53.9 Å². The molecule has 1 N–H and O–H groups in total. The molecule has 0 spiro atoms. The van der Waals surface area contributed by atoms with Crippen molar-refractivity contribution in [1.29, 1.82) is 0 Å². The second-order valence-corrected chi connectivity index (χ2v) is 11.1. The van der Waals surface area contributed by atoms with E-state index < -0.39 is 13.5 Å². The first-order valence-electron chi connectivity index (χ1n) is 11.9. The number of carbonyl (C=O) groups excluding carboxylic acids is 2. The van der Waals surface area contributed by atoms with Crippen LogP contribution >= 0.6 is 18.9 Å². The average molecular weight is 547 g/mol. The van der Waals surface area contributed by atoms with Crippen LogP contribution in [0.25, 0.3) is 0 Å². The van der Waals surface area contributed by atoms with Crippen LogP contribution in [0.5, 0.6) is 11.5 Å². The van der Waals surface area contributed by atoms with Crippen molar-refractivity contribution in [3.8, 4) is 11.5 Å². The Morgan fingerprint density at radius 2 is 1.68 bits per heavy atom. The van der Waals surface area contributed by atoms with Crippen molar-refractivity contribution in [3.05, 3.63) is 70.7 Å². The van der Waals surface area contributed by atoms with Gasteiger partial charge < -0.3 is 18.5 Å². The first kappa shape index (κ1) is 28.5. The lowest BCUT2D eigenvalue weighted by atomic mass is 10.1. The van der Waals surface area contributed by atoms with E-state index in [0.29, 0.717) is 27.9 Å². The summed E-state index contributed by atoms with van der Waals surface area (Å²) in [5.74, 6) is 0.126. The van der Waals surface area contributed by atoms with Gasteiger partial charge in [-0.05, 0) is 39.8 Å². The van der Waals surface area contributed by atoms with Crippen molar-refractivity contribution < 1.29 is 32.7 Å². The minimum atomic E-state index is -3.31. The van der Waals surface area contributed by atoms with E-state index in [1.165, 1.54) is 17.4 Å². The SMILES string of the molecule is CCOP(=O)(Cc1csc(NC(=O)c2cc(OCC(=O)c3ccccc3)cc(OC(C)C)c2)n1)OCC. The Balaban J connectivity index is 1.73. The summed E-state index contributed by atoms with van der Waals surface area (Å²) in [7, 11) is -3.31. The van der Waals surface area contributed by atoms with Gasteiger partial charge in [-0.3, -0.25) is 19.5 Å². The zero-order valence-corrected chi connectivity index (χ0v) is 23.0. The number of nitrogens with zero attached hydrogens (tertiary/aromatic N) is 1. The Kier molecular flexibility index (Phi) is 10.4. The molecule has 2 aromatic carbocycles. The van der Waals surface area contributed by atoms with Gasteiger partial charge in [-0.15, -0.1) is 11.3 Å². The van der Waals surface area contributed by atoms with Crippen LogP contribution in [-0.4, -0.2) is 42.6 Å². The van der Waals surface area contributed by atoms with Crippen LogP contribution in [0.3, 0.4) is 0 Å². The summed E-state index contributed by atoms with van der Waals surface area (Å²) in [5.41, 5.74) is 1.30. The van der Waals surface area contributed by atoms with Crippen LogP contribution in [0.1, 0.15) is 54.1 Å². The fourth-order valence-corrected chi connectivity index (χ4v) is 5.74. The predicted molar refractivity (Wildman–Crippen MR) is 143 cm³/mol. The lowest BCUT2D eigenvalue weighted by Crippen LogP contribution is -2.15. The van der Waals surface area contributed by atoms with E-state index in [2.05, 4.69) is 10.3 Å². The zero-order chi connectivity index (χ0) is 26.8. The maximum atomic E-state index is 13.0. The quantitative estimate of drug-likeness (QED) is 0.188. The predicted octanol–water partition coefficient (Wildman–Crippen LogP) is 6.21. The summed E-state index contributed by atoms with van der Waals surface area (Å²) in [6.45, 7) is 7.53. The van der Waals surface area contributed by atoms with Crippen molar-refractivity contribution >= 4 is 35.8 Å². The number of carbonyl (C=O) groups is 2. The largest absolute Gasteiger partial charge is 0.491 e. The maximum absolute atomic E-state index is 13.0. The standard InChI is InChI=1S/C26H31N2O7PS/c1-5-33-36(31,34-6-2)16-21-17-37-26(27-21)28-25(30)20-12-22(14-23(13-20)35-18(3)4)32-15-24(29)19-10-8-7-9-11-19/h7-14,17-18H,5-6,15-16H2,1-4H3,(H,27,28,30). The van der Waals surface area contributed by atoms with Gasteiger partial charge in [0.05, 0.1) is 31.2 Å². The number of benzene rings is 2. The van der Waals surface area contributed by atoms with Crippen LogP contribution < -0.4 is 14.8 Å². The van der Waals surface area contributed by atoms with Gasteiger partial charge in [-0.2, -0.15) is 0 Å².